The van der Waals surface area contributed by atoms with E-state index < -0.39 is 0 Å². The van der Waals surface area contributed by atoms with Gasteiger partial charge in [-0.1, -0.05) is 60.9 Å². The molecule has 0 aromatic heterocycles. The summed E-state index contributed by atoms with van der Waals surface area (Å²) in [7, 11) is -0.365. The molecule has 2 fully saturated rings. The summed E-state index contributed by atoms with van der Waals surface area (Å²) >= 11 is 0. The van der Waals surface area contributed by atoms with Gasteiger partial charge in [-0.15, -0.1) is 0 Å². The van der Waals surface area contributed by atoms with Crippen LogP contribution in [0.3, 0.4) is 0 Å². The summed E-state index contributed by atoms with van der Waals surface area (Å²) in [5.41, 5.74) is 0. The molecule has 0 aromatic rings. The Bertz CT molecular complexity index is 394. The summed E-state index contributed by atoms with van der Waals surface area (Å²) in [6, 6.07) is 0. The second-order valence-electron chi connectivity index (χ2n) is 10.4. The zero-order chi connectivity index (χ0) is 20.7. The zero-order valence-corrected chi connectivity index (χ0v) is 21.2. The summed E-state index contributed by atoms with van der Waals surface area (Å²) in [6.45, 7) is 17.2. The van der Waals surface area contributed by atoms with E-state index in [1.54, 1.807) is 0 Å². The molecule has 0 bridgehead atoms. The Morgan fingerprint density at radius 1 is 0.786 bits per heavy atom. The fraction of sp³-hybridized carbons (Fsp3) is 1.00. The fourth-order valence-corrected chi connectivity index (χ4v) is 5.88. The maximum absolute atomic E-state index is 6.76. The normalized spacial score (nSPS) is 35.9. The van der Waals surface area contributed by atoms with Crippen LogP contribution in [0.15, 0.2) is 0 Å². The lowest BCUT2D eigenvalue weighted by Gasteiger charge is -2.42. The van der Waals surface area contributed by atoms with Gasteiger partial charge in [0, 0.05) is 13.0 Å². The van der Waals surface area contributed by atoms with Crippen molar-refractivity contribution in [2.45, 2.75) is 112 Å². The second kappa shape index (κ2) is 12.1. The Hall–Kier alpha value is 0.0969. The van der Waals surface area contributed by atoms with Gasteiger partial charge in [0.15, 0.2) is 16.1 Å². The van der Waals surface area contributed by atoms with E-state index in [2.05, 4.69) is 48.1 Å². The highest BCUT2D eigenvalue weighted by Gasteiger charge is 2.36. The van der Waals surface area contributed by atoms with E-state index in [1.807, 2.05) is 0 Å². The van der Waals surface area contributed by atoms with Crippen molar-refractivity contribution in [3.8, 4) is 0 Å². The second-order valence-corrected chi connectivity index (χ2v) is 11.4. The molecular formula is C24H48O3Si. The van der Waals surface area contributed by atoms with Crippen molar-refractivity contribution >= 4 is 9.76 Å². The van der Waals surface area contributed by atoms with Crippen molar-refractivity contribution in [1.82, 2.24) is 0 Å². The Balaban J connectivity index is 2.06. The molecule has 6 atom stereocenters. The minimum Gasteiger partial charge on any atom is -0.424 e. The topological polar surface area (TPSA) is 27.7 Å². The molecule has 0 aromatic carbocycles. The van der Waals surface area contributed by atoms with Gasteiger partial charge in [0.05, 0.1) is 12.2 Å². The molecule has 4 heteroatoms. The van der Waals surface area contributed by atoms with Crippen LogP contribution in [0.4, 0.5) is 0 Å². The molecule has 0 heterocycles. The molecule has 28 heavy (non-hydrogen) atoms. The zero-order valence-electron chi connectivity index (χ0n) is 19.8. The lowest BCUT2D eigenvalue weighted by molar-refractivity contribution is -0.235. The SMILES string of the molecule is C[SiH2]OCCC(OC1CC(C)CCC1C(C)C)OC1CC(C)CCC1C(C)C. The van der Waals surface area contributed by atoms with Crippen LogP contribution in [0.1, 0.15) is 86.5 Å². The summed E-state index contributed by atoms with van der Waals surface area (Å²) in [4.78, 5) is 0. The maximum atomic E-state index is 6.76. The first-order valence-electron chi connectivity index (χ1n) is 12.2. The van der Waals surface area contributed by atoms with Gasteiger partial charge >= 0.3 is 0 Å². The third-order valence-electron chi connectivity index (χ3n) is 7.28. The molecule has 0 aliphatic heterocycles. The molecule has 0 radical (unpaired) electrons. The van der Waals surface area contributed by atoms with Crippen LogP contribution in [-0.4, -0.2) is 34.9 Å². The van der Waals surface area contributed by atoms with Gasteiger partial charge in [0.25, 0.3) is 0 Å². The molecule has 6 unspecified atom stereocenters. The number of hydrogen-bond acceptors (Lipinski definition) is 3. The highest BCUT2D eigenvalue weighted by Crippen LogP contribution is 2.39. The van der Waals surface area contributed by atoms with Crippen molar-refractivity contribution in [2.75, 3.05) is 6.61 Å². The van der Waals surface area contributed by atoms with E-state index in [0.29, 0.717) is 35.9 Å². The van der Waals surface area contributed by atoms with Crippen molar-refractivity contribution in [3.63, 3.8) is 0 Å². The van der Waals surface area contributed by atoms with Crippen LogP contribution in [0.25, 0.3) is 0 Å². The maximum Gasteiger partial charge on any atom is 0.160 e. The van der Waals surface area contributed by atoms with E-state index in [-0.39, 0.29) is 16.1 Å². The molecule has 2 aliphatic carbocycles. The highest BCUT2D eigenvalue weighted by atomic mass is 28.2. The van der Waals surface area contributed by atoms with Gasteiger partial charge in [-0.05, 0) is 61.2 Å². The Morgan fingerprint density at radius 3 is 1.64 bits per heavy atom. The smallest absolute Gasteiger partial charge is 0.160 e. The Kier molecular flexibility index (Phi) is 10.5. The van der Waals surface area contributed by atoms with Gasteiger partial charge in [-0.25, -0.2) is 0 Å². The average Bonchev–Trinajstić information content (AvgIpc) is 2.61. The van der Waals surface area contributed by atoms with Crippen LogP contribution >= 0.6 is 0 Å². The number of ether oxygens (including phenoxy) is 2. The van der Waals surface area contributed by atoms with Gasteiger partial charge in [-0.2, -0.15) is 0 Å². The van der Waals surface area contributed by atoms with Crippen molar-refractivity contribution in [1.29, 1.82) is 0 Å². The number of rotatable bonds is 10. The number of hydrogen-bond donors (Lipinski definition) is 0. The lowest BCUT2D eigenvalue weighted by atomic mass is 9.75. The van der Waals surface area contributed by atoms with Crippen LogP contribution < -0.4 is 0 Å². The monoisotopic (exact) mass is 412 g/mol. The van der Waals surface area contributed by atoms with Crippen LogP contribution in [0.5, 0.6) is 0 Å². The van der Waals surface area contributed by atoms with E-state index in [1.165, 1.54) is 38.5 Å². The first kappa shape index (κ1) is 24.4. The van der Waals surface area contributed by atoms with E-state index in [4.69, 9.17) is 13.9 Å². The summed E-state index contributed by atoms with van der Waals surface area (Å²) in [6.07, 6.45) is 9.09. The molecule has 2 rings (SSSR count). The molecule has 2 saturated carbocycles. The fourth-order valence-electron chi connectivity index (χ4n) is 5.42. The standard InChI is InChI=1S/C24H48O3Si/c1-16(2)20-10-8-18(5)14-22(20)26-24(12-13-25-28-7)27-23-15-19(6)9-11-21(23)17(3)4/h16-24H,8-15,28H2,1-7H3. The first-order chi connectivity index (χ1) is 13.3. The third-order valence-corrected chi connectivity index (χ3v) is 7.97. The average molecular weight is 413 g/mol. The molecule has 166 valence electrons. The van der Waals surface area contributed by atoms with Gasteiger partial charge in [-0.3, -0.25) is 0 Å². The molecule has 3 nitrogen and oxygen atoms in total. The molecule has 0 N–H and O–H groups in total. The summed E-state index contributed by atoms with van der Waals surface area (Å²) in [5, 5.41) is 0. The Morgan fingerprint density at radius 2 is 1.25 bits per heavy atom. The van der Waals surface area contributed by atoms with Crippen molar-refractivity contribution < 1.29 is 13.9 Å². The van der Waals surface area contributed by atoms with E-state index in [9.17, 15) is 0 Å². The van der Waals surface area contributed by atoms with Gasteiger partial charge in [0.2, 0.25) is 0 Å². The molecule has 0 amide bonds. The molecule has 0 saturated heterocycles. The van der Waals surface area contributed by atoms with E-state index in [0.717, 1.165) is 24.9 Å². The summed E-state index contributed by atoms with van der Waals surface area (Å²) < 4.78 is 19.3. The van der Waals surface area contributed by atoms with Crippen molar-refractivity contribution in [2.24, 2.45) is 35.5 Å². The van der Waals surface area contributed by atoms with Crippen molar-refractivity contribution in [3.05, 3.63) is 0 Å². The van der Waals surface area contributed by atoms with Crippen LogP contribution in [0, 0.1) is 35.5 Å². The molecule has 2 aliphatic rings. The van der Waals surface area contributed by atoms with Gasteiger partial charge < -0.3 is 13.9 Å². The largest absolute Gasteiger partial charge is 0.424 e. The lowest BCUT2D eigenvalue weighted by Crippen LogP contribution is -2.42. The Labute approximate surface area is 177 Å². The predicted octanol–water partition coefficient (Wildman–Crippen LogP) is 5.81. The minimum atomic E-state index is -0.365. The third kappa shape index (κ3) is 7.41. The highest BCUT2D eigenvalue weighted by molar-refractivity contribution is 6.24. The first-order valence-corrected chi connectivity index (χ1v) is 14.2. The molecular weight excluding hydrogens is 364 g/mol. The molecule has 0 spiro atoms. The predicted molar refractivity (Wildman–Crippen MR) is 121 cm³/mol. The summed E-state index contributed by atoms with van der Waals surface area (Å²) in [5.74, 6) is 4.20. The van der Waals surface area contributed by atoms with Crippen LogP contribution in [-0.2, 0) is 13.9 Å². The van der Waals surface area contributed by atoms with E-state index >= 15 is 0 Å². The van der Waals surface area contributed by atoms with Gasteiger partial charge in [0.1, 0.15) is 0 Å². The minimum absolute atomic E-state index is 0.103. The quantitative estimate of drug-likeness (QED) is 0.257. The van der Waals surface area contributed by atoms with Crippen LogP contribution in [0.2, 0.25) is 6.55 Å².